The van der Waals surface area contributed by atoms with Crippen LogP contribution < -0.4 is 0 Å². The van der Waals surface area contributed by atoms with Crippen LogP contribution in [-0.2, 0) is 5.54 Å². The number of nitrogens with zero attached hydrogens (tertiary/aromatic N) is 3. The van der Waals surface area contributed by atoms with Crippen LogP contribution in [0.4, 0.5) is 0 Å². The minimum absolute atomic E-state index is 0.0520. The second kappa shape index (κ2) is 3.48. The van der Waals surface area contributed by atoms with Gasteiger partial charge in [0.2, 0.25) is 0 Å². The molecule has 1 aromatic rings. The van der Waals surface area contributed by atoms with Gasteiger partial charge in [-0.05, 0) is 31.8 Å². The molecule has 1 saturated carbocycles. The average Bonchev–Trinajstić information content (AvgIpc) is 2.70. The van der Waals surface area contributed by atoms with Gasteiger partial charge >= 0.3 is 0 Å². The molecule has 1 fully saturated rings. The van der Waals surface area contributed by atoms with Gasteiger partial charge in [0.25, 0.3) is 0 Å². The first-order valence-corrected chi connectivity index (χ1v) is 5.68. The largest absolute Gasteiger partial charge is 0.310 e. The molecule has 0 N–H and O–H groups in total. The third-order valence-corrected chi connectivity index (χ3v) is 4.19. The van der Waals surface area contributed by atoms with Crippen molar-refractivity contribution in [1.29, 1.82) is 5.26 Å². The number of hydrogen-bond acceptors (Lipinski definition) is 2. The van der Waals surface area contributed by atoms with Crippen LogP contribution in [0.15, 0.2) is 12.3 Å². The third-order valence-electron chi connectivity index (χ3n) is 4.19. The highest BCUT2D eigenvalue weighted by Crippen LogP contribution is 2.56. The van der Waals surface area contributed by atoms with E-state index in [4.69, 9.17) is 5.26 Å². The summed E-state index contributed by atoms with van der Waals surface area (Å²) in [5.41, 5.74) is 0.711. The molecule has 1 unspecified atom stereocenters. The number of aromatic nitrogens is 2. The molecule has 16 heavy (non-hydrogen) atoms. The maximum atomic E-state index is 9.13. The van der Waals surface area contributed by atoms with E-state index in [0.29, 0.717) is 17.5 Å². The first kappa shape index (κ1) is 10.9. The van der Waals surface area contributed by atoms with E-state index in [0.717, 1.165) is 5.82 Å². The minimum Gasteiger partial charge on any atom is -0.310 e. The van der Waals surface area contributed by atoms with Gasteiger partial charge in [-0.3, -0.25) is 0 Å². The zero-order valence-corrected chi connectivity index (χ0v) is 10.2. The number of allylic oxidation sites excluding steroid dienone is 1. The molecule has 0 amide bonds. The Labute approximate surface area is 96.4 Å². The van der Waals surface area contributed by atoms with Crippen molar-refractivity contribution in [1.82, 2.24) is 9.55 Å². The van der Waals surface area contributed by atoms with Crippen LogP contribution in [0.5, 0.6) is 0 Å². The van der Waals surface area contributed by atoms with Crippen molar-refractivity contribution in [3.63, 3.8) is 0 Å². The maximum Gasteiger partial charge on any atom is 0.140 e. The molecule has 0 radical (unpaired) electrons. The lowest BCUT2D eigenvalue weighted by atomic mass is 10.2. The molecule has 3 nitrogen and oxygen atoms in total. The van der Waals surface area contributed by atoms with Crippen LogP contribution in [0, 0.1) is 23.2 Å². The second-order valence-corrected chi connectivity index (χ2v) is 4.75. The van der Waals surface area contributed by atoms with Crippen LogP contribution in [0.3, 0.4) is 0 Å². The fourth-order valence-electron chi connectivity index (χ4n) is 2.59. The number of imidazole rings is 1. The maximum absolute atomic E-state index is 9.13. The predicted molar refractivity (Wildman–Crippen MR) is 63.6 cm³/mol. The Morgan fingerprint density at radius 2 is 2.12 bits per heavy atom. The fourth-order valence-corrected chi connectivity index (χ4v) is 2.59. The van der Waals surface area contributed by atoms with E-state index >= 15 is 0 Å². The lowest BCUT2D eigenvalue weighted by Gasteiger charge is -2.17. The van der Waals surface area contributed by atoms with Crippen LogP contribution in [0.1, 0.15) is 39.2 Å². The first-order chi connectivity index (χ1) is 7.57. The first-order valence-electron chi connectivity index (χ1n) is 5.68. The number of nitriles is 1. The van der Waals surface area contributed by atoms with Gasteiger partial charge in [-0.15, -0.1) is 0 Å². The summed E-state index contributed by atoms with van der Waals surface area (Å²) < 4.78 is 2.09. The Morgan fingerprint density at radius 1 is 1.50 bits per heavy atom. The second-order valence-electron chi connectivity index (χ2n) is 4.75. The molecule has 1 heterocycles. The molecular formula is C13H17N3. The van der Waals surface area contributed by atoms with E-state index in [1.165, 1.54) is 0 Å². The highest BCUT2D eigenvalue weighted by molar-refractivity contribution is 5.44. The summed E-state index contributed by atoms with van der Waals surface area (Å²) in [7, 11) is 0. The zero-order chi connectivity index (χ0) is 11.9. The molecule has 3 heteroatoms. The monoisotopic (exact) mass is 215 g/mol. The van der Waals surface area contributed by atoms with Crippen molar-refractivity contribution < 1.29 is 0 Å². The molecule has 1 aromatic heterocycles. The van der Waals surface area contributed by atoms with Crippen LogP contribution in [0.25, 0.3) is 6.08 Å². The molecule has 0 aliphatic heterocycles. The Balaban J connectivity index is 2.55. The van der Waals surface area contributed by atoms with Crippen molar-refractivity contribution in [2.24, 2.45) is 11.8 Å². The van der Waals surface area contributed by atoms with Crippen LogP contribution in [-0.4, -0.2) is 9.55 Å². The van der Waals surface area contributed by atoms with E-state index in [-0.39, 0.29) is 5.54 Å². The molecule has 2 rings (SSSR count). The smallest absolute Gasteiger partial charge is 0.140 e. The average molecular weight is 215 g/mol. The van der Waals surface area contributed by atoms with E-state index in [9.17, 15) is 0 Å². The van der Waals surface area contributed by atoms with Crippen molar-refractivity contribution in [2.45, 2.75) is 33.2 Å². The molecule has 1 aliphatic rings. The normalized spacial score (nSPS) is 32.9. The van der Waals surface area contributed by atoms with Gasteiger partial charge in [-0.25, -0.2) is 4.98 Å². The summed E-state index contributed by atoms with van der Waals surface area (Å²) in [5, 5.41) is 9.13. The molecule has 0 saturated heterocycles. The summed E-state index contributed by atoms with van der Waals surface area (Å²) in [5.74, 6) is 2.08. The Kier molecular flexibility index (Phi) is 2.38. The summed E-state index contributed by atoms with van der Waals surface area (Å²) >= 11 is 0. The van der Waals surface area contributed by atoms with E-state index < -0.39 is 0 Å². The quantitative estimate of drug-likeness (QED) is 0.761. The van der Waals surface area contributed by atoms with Gasteiger partial charge in [0.1, 0.15) is 17.6 Å². The van der Waals surface area contributed by atoms with Gasteiger partial charge in [-0.2, -0.15) is 5.26 Å². The summed E-state index contributed by atoms with van der Waals surface area (Å²) in [6, 6.07) is 2.23. The SMILES string of the molecule is C/C=C\c1ncc(C#N)n1C1(C)[C@H](C)[C@@H]1C. The van der Waals surface area contributed by atoms with Crippen molar-refractivity contribution in [3.05, 3.63) is 23.8 Å². The van der Waals surface area contributed by atoms with Crippen molar-refractivity contribution in [3.8, 4) is 6.07 Å². The summed E-state index contributed by atoms with van der Waals surface area (Å²) in [6.45, 7) is 8.63. The number of rotatable bonds is 2. The van der Waals surface area contributed by atoms with Crippen LogP contribution >= 0.6 is 0 Å². The standard InChI is InChI=1S/C13H17N3/c1-5-6-12-15-8-11(7-14)16(12)13(4)9(2)10(13)3/h5-6,8-10H,1-4H3/b6-5-/t9-,10+,13?. The summed E-state index contributed by atoms with van der Waals surface area (Å²) in [6.07, 6.45) is 5.59. The highest BCUT2D eigenvalue weighted by atomic mass is 15.2. The van der Waals surface area contributed by atoms with Gasteiger partial charge in [0, 0.05) is 0 Å². The lowest BCUT2D eigenvalue weighted by molar-refractivity contribution is 0.460. The Bertz CT molecular complexity index is 468. The van der Waals surface area contributed by atoms with E-state index in [2.05, 4.69) is 36.4 Å². The van der Waals surface area contributed by atoms with E-state index in [1.807, 2.05) is 19.1 Å². The Morgan fingerprint density at radius 3 is 2.56 bits per heavy atom. The molecule has 0 spiro atoms. The van der Waals surface area contributed by atoms with Gasteiger partial charge in [0.05, 0.1) is 11.7 Å². The lowest BCUT2D eigenvalue weighted by Crippen LogP contribution is -2.19. The van der Waals surface area contributed by atoms with Gasteiger partial charge < -0.3 is 4.57 Å². The molecule has 84 valence electrons. The highest BCUT2D eigenvalue weighted by Gasteiger charge is 2.58. The van der Waals surface area contributed by atoms with Crippen LogP contribution in [0.2, 0.25) is 0 Å². The molecule has 0 aromatic carbocycles. The predicted octanol–water partition coefficient (Wildman–Crippen LogP) is 2.79. The summed E-state index contributed by atoms with van der Waals surface area (Å²) in [4.78, 5) is 4.31. The molecule has 3 atom stereocenters. The third kappa shape index (κ3) is 1.23. The Hall–Kier alpha value is -1.56. The molecule has 0 bridgehead atoms. The van der Waals surface area contributed by atoms with Gasteiger partial charge in [0.15, 0.2) is 0 Å². The number of hydrogen-bond donors (Lipinski definition) is 0. The molecule has 1 aliphatic carbocycles. The van der Waals surface area contributed by atoms with Crippen molar-refractivity contribution in [2.75, 3.05) is 0 Å². The topological polar surface area (TPSA) is 41.6 Å². The van der Waals surface area contributed by atoms with Crippen molar-refractivity contribution >= 4 is 6.08 Å². The van der Waals surface area contributed by atoms with E-state index in [1.54, 1.807) is 6.20 Å². The zero-order valence-electron chi connectivity index (χ0n) is 10.2. The van der Waals surface area contributed by atoms with Gasteiger partial charge in [-0.1, -0.05) is 19.9 Å². The minimum atomic E-state index is 0.0520. The fraction of sp³-hybridized carbons (Fsp3) is 0.538. The molecular weight excluding hydrogens is 198 g/mol.